The zero-order valence-electron chi connectivity index (χ0n) is 12.5. The minimum atomic E-state index is 0.586. The molecule has 0 saturated heterocycles. The molecule has 7 nitrogen and oxygen atoms in total. The van der Waals surface area contributed by atoms with Crippen molar-refractivity contribution in [3.05, 3.63) is 12.4 Å². The predicted octanol–water partition coefficient (Wildman–Crippen LogP) is 1.55. The van der Waals surface area contributed by atoms with Crippen molar-refractivity contribution in [2.45, 2.75) is 20.8 Å². The van der Waals surface area contributed by atoms with Crippen molar-refractivity contribution in [3.63, 3.8) is 0 Å². The van der Waals surface area contributed by atoms with Gasteiger partial charge in [-0.3, -0.25) is 0 Å². The molecule has 0 radical (unpaired) electrons. The fraction of sp³-hybridized carbons (Fsp3) is 0.538. The fourth-order valence-corrected chi connectivity index (χ4v) is 1.93. The van der Waals surface area contributed by atoms with Gasteiger partial charge in [-0.1, -0.05) is 0 Å². The van der Waals surface area contributed by atoms with Crippen LogP contribution in [0, 0.1) is 0 Å². The molecule has 0 saturated carbocycles. The third-order valence-electron chi connectivity index (χ3n) is 3.03. The van der Waals surface area contributed by atoms with Crippen molar-refractivity contribution < 1.29 is 0 Å². The molecular formula is C13H21N7. The molecule has 0 aliphatic heterocycles. The molecule has 108 valence electrons. The SMILES string of the molecule is CCNc1nc(-c2nccn2C)nc(N(CC)CC)n1. The largest absolute Gasteiger partial charge is 0.354 e. The van der Waals surface area contributed by atoms with Gasteiger partial charge in [-0.05, 0) is 20.8 Å². The Labute approximate surface area is 119 Å². The highest BCUT2D eigenvalue weighted by Crippen LogP contribution is 2.17. The number of anilines is 2. The molecule has 2 heterocycles. The lowest BCUT2D eigenvalue weighted by atomic mass is 10.5. The Kier molecular flexibility index (Phi) is 4.49. The molecule has 0 aliphatic carbocycles. The molecule has 0 spiro atoms. The highest BCUT2D eigenvalue weighted by Gasteiger charge is 2.14. The van der Waals surface area contributed by atoms with E-state index in [1.165, 1.54) is 0 Å². The van der Waals surface area contributed by atoms with Crippen LogP contribution in [0.1, 0.15) is 20.8 Å². The molecule has 0 bridgehead atoms. The van der Waals surface area contributed by atoms with Gasteiger partial charge in [0.05, 0.1) is 0 Å². The van der Waals surface area contributed by atoms with Crippen molar-refractivity contribution in [2.24, 2.45) is 7.05 Å². The molecule has 0 atom stereocenters. The lowest BCUT2D eigenvalue weighted by Gasteiger charge is -2.19. The molecule has 0 fully saturated rings. The topological polar surface area (TPSA) is 71.8 Å². The van der Waals surface area contributed by atoms with E-state index in [0.717, 1.165) is 25.5 Å². The molecule has 0 aromatic carbocycles. The van der Waals surface area contributed by atoms with E-state index < -0.39 is 0 Å². The summed E-state index contributed by atoms with van der Waals surface area (Å²) in [6.45, 7) is 8.66. The Morgan fingerprint density at radius 3 is 2.45 bits per heavy atom. The summed E-state index contributed by atoms with van der Waals surface area (Å²) in [5, 5.41) is 3.15. The van der Waals surface area contributed by atoms with Crippen LogP contribution in [0.2, 0.25) is 0 Å². The number of hydrogen-bond donors (Lipinski definition) is 1. The second kappa shape index (κ2) is 6.31. The van der Waals surface area contributed by atoms with E-state index in [9.17, 15) is 0 Å². The second-order valence-electron chi connectivity index (χ2n) is 4.35. The van der Waals surface area contributed by atoms with Gasteiger partial charge in [-0.25, -0.2) is 4.98 Å². The van der Waals surface area contributed by atoms with Crippen LogP contribution in [0.15, 0.2) is 12.4 Å². The number of nitrogens with one attached hydrogen (secondary N) is 1. The maximum absolute atomic E-state index is 4.54. The standard InChI is InChI=1S/C13H21N7/c1-5-14-12-16-10(11-15-8-9-19(11)4)17-13(18-12)20(6-2)7-3/h8-9H,5-7H2,1-4H3,(H,14,16,17,18). The van der Waals surface area contributed by atoms with E-state index in [1.54, 1.807) is 6.20 Å². The monoisotopic (exact) mass is 275 g/mol. The van der Waals surface area contributed by atoms with E-state index in [4.69, 9.17) is 0 Å². The first-order valence-corrected chi connectivity index (χ1v) is 6.92. The van der Waals surface area contributed by atoms with Crippen LogP contribution in [0.4, 0.5) is 11.9 Å². The summed E-state index contributed by atoms with van der Waals surface area (Å²) in [5.74, 6) is 2.59. The number of nitrogens with zero attached hydrogens (tertiary/aromatic N) is 6. The molecule has 2 rings (SSSR count). The minimum Gasteiger partial charge on any atom is -0.354 e. The van der Waals surface area contributed by atoms with Gasteiger partial charge in [-0.15, -0.1) is 0 Å². The average molecular weight is 275 g/mol. The maximum Gasteiger partial charge on any atom is 0.230 e. The van der Waals surface area contributed by atoms with Crippen LogP contribution in [0.5, 0.6) is 0 Å². The number of imidazole rings is 1. The predicted molar refractivity (Wildman–Crippen MR) is 79.8 cm³/mol. The minimum absolute atomic E-state index is 0.586. The van der Waals surface area contributed by atoms with Gasteiger partial charge >= 0.3 is 0 Å². The third-order valence-corrected chi connectivity index (χ3v) is 3.03. The summed E-state index contributed by atoms with van der Waals surface area (Å²) in [6.07, 6.45) is 3.62. The molecule has 1 N–H and O–H groups in total. The van der Waals surface area contributed by atoms with Crippen molar-refractivity contribution in [3.8, 4) is 11.6 Å². The Bertz CT molecular complexity index is 560. The number of aromatic nitrogens is 5. The van der Waals surface area contributed by atoms with E-state index >= 15 is 0 Å². The summed E-state index contributed by atoms with van der Waals surface area (Å²) in [6, 6.07) is 0. The molecule has 7 heteroatoms. The average Bonchev–Trinajstić information content (AvgIpc) is 2.87. The number of aryl methyl sites for hydroxylation is 1. The zero-order chi connectivity index (χ0) is 14.5. The van der Waals surface area contributed by atoms with E-state index in [2.05, 4.69) is 44.0 Å². The molecule has 2 aromatic rings. The highest BCUT2D eigenvalue weighted by atomic mass is 15.3. The van der Waals surface area contributed by atoms with E-state index in [0.29, 0.717) is 17.7 Å². The van der Waals surface area contributed by atoms with Crippen LogP contribution < -0.4 is 10.2 Å². The van der Waals surface area contributed by atoms with Gasteiger partial charge in [0, 0.05) is 39.1 Å². The van der Waals surface area contributed by atoms with Crippen LogP contribution in [0.25, 0.3) is 11.6 Å². The van der Waals surface area contributed by atoms with Crippen LogP contribution >= 0.6 is 0 Å². The Balaban J connectivity index is 2.48. The molecule has 2 aromatic heterocycles. The Morgan fingerprint density at radius 2 is 1.90 bits per heavy atom. The summed E-state index contributed by atoms with van der Waals surface area (Å²) in [5.41, 5.74) is 0. The van der Waals surface area contributed by atoms with Gasteiger partial charge in [0.25, 0.3) is 0 Å². The van der Waals surface area contributed by atoms with Crippen LogP contribution in [0.3, 0.4) is 0 Å². The van der Waals surface area contributed by atoms with Crippen molar-refractivity contribution in [1.82, 2.24) is 24.5 Å². The fourth-order valence-electron chi connectivity index (χ4n) is 1.93. The maximum atomic E-state index is 4.54. The molecule has 0 unspecified atom stereocenters. The third kappa shape index (κ3) is 2.87. The highest BCUT2D eigenvalue weighted by molar-refractivity contribution is 5.51. The molecule has 20 heavy (non-hydrogen) atoms. The van der Waals surface area contributed by atoms with Gasteiger partial charge in [0.15, 0.2) is 5.82 Å². The first kappa shape index (κ1) is 14.2. The summed E-state index contributed by atoms with van der Waals surface area (Å²) in [7, 11) is 1.93. The van der Waals surface area contributed by atoms with Crippen molar-refractivity contribution >= 4 is 11.9 Å². The first-order valence-electron chi connectivity index (χ1n) is 6.92. The second-order valence-corrected chi connectivity index (χ2v) is 4.35. The Hall–Kier alpha value is -2.18. The molecular weight excluding hydrogens is 254 g/mol. The van der Waals surface area contributed by atoms with Crippen LogP contribution in [-0.4, -0.2) is 44.1 Å². The quantitative estimate of drug-likeness (QED) is 0.862. The van der Waals surface area contributed by atoms with Gasteiger partial charge in [0.1, 0.15) is 0 Å². The zero-order valence-corrected chi connectivity index (χ0v) is 12.5. The summed E-state index contributed by atoms with van der Waals surface area (Å²) >= 11 is 0. The summed E-state index contributed by atoms with van der Waals surface area (Å²) < 4.78 is 1.90. The van der Waals surface area contributed by atoms with Gasteiger partial charge in [0.2, 0.25) is 17.7 Å². The first-order chi connectivity index (χ1) is 9.69. The normalized spacial score (nSPS) is 10.6. The molecule has 0 amide bonds. The summed E-state index contributed by atoms with van der Waals surface area (Å²) in [4.78, 5) is 19.8. The lowest BCUT2D eigenvalue weighted by molar-refractivity contribution is 0.808. The van der Waals surface area contributed by atoms with E-state index in [-0.39, 0.29) is 0 Å². The lowest BCUT2D eigenvalue weighted by Crippen LogP contribution is -2.25. The number of hydrogen-bond acceptors (Lipinski definition) is 6. The number of rotatable bonds is 6. The van der Waals surface area contributed by atoms with Gasteiger partial charge in [-0.2, -0.15) is 15.0 Å². The van der Waals surface area contributed by atoms with Gasteiger partial charge < -0.3 is 14.8 Å². The Morgan fingerprint density at radius 1 is 1.15 bits per heavy atom. The molecule has 0 aliphatic rings. The van der Waals surface area contributed by atoms with Crippen molar-refractivity contribution in [1.29, 1.82) is 0 Å². The smallest absolute Gasteiger partial charge is 0.230 e. The van der Waals surface area contributed by atoms with Crippen molar-refractivity contribution in [2.75, 3.05) is 29.9 Å². The van der Waals surface area contributed by atoms with Crippen LogP contribution in [-0.2, 0) is 7.05 Å². The van der Waals surface area contributed by atoms with E-state index in [1.807, 2.05) is 24.7 Å².